The second-order valence-electron chi connectivity index (χ2n) is 14.8. The van der Waals surface area contributed by atoms with Gasteiger partial charge in [-0.15, -0.1) is 0 Å². The van der Waals surface area contributed by atoms with Crippen LogP contribution >= 0.6 is 0 Å². The predicted octanol–water partition coefficient (Wildman–Crippen LogP) is 14.8. The average Bonchev–Trinajstić information content (AvgIpc) is 3.82. The molecule has 10 aromatic rings. The van der Waals surface area contributed by atoms with Crippen molar-refractivity contribution in [3.8, 4) is 33.4 Å². The van der Waals surface area contributed by atoms with Gasteiger partial charge < -0.3 is 9.32 Å². The van der Waals surface area contributed by atoms with Crippen molar-refractivity contribution in [2.45, 2.75) is 5.41 Å². The van der Waals surface area contributed by atoms with Gasteiger partial charge in [0.15, 0.2) is 0 Å². The molecule has 268 valence electrons. The molecule has 1 aromatic heterocycles. The van der Waals surface area contributed by atoms with Gasteiger partial charge >= 0.3 is 0 Å². The van der Waals surface area contributed by atoms with E-state index in [1.807, 2.05) is 0 Å². The van der Waals surface area contributed by atoms with Crippen LogP contribution in [-0.2, 0) is 5.41 Å². The minimum Gasteiger partial charge on any atom is -0.455 e. The lowest BCUT2D eigenvalue weighted by Gasteiger charge is -2.35. The topological polar surface area (TPSA) is 16.4 Å². The highest BCUT2D eigenvalue weighted by Crippen LogP contribution is 2.59. The van der Waals surface area contributed by atoms with E-state index in [0.29, 0.717) is 0 Å². The fourth-order valence-corrected chi connectivity index (χ4v) is 9.21. The van der Waals surface area contributed by atoms with Crippen LogP contribution in [0.3, 0.4) is 0 Å². The van der Waals surface area contributed by atoms with Crippen molar-refractivity contribution in [3.63, 3.8) is 0 Å². The molecule has 0 radical (unpaired) electrons. The first-order chi connectivity index (χ1) is 28.3. The van der Waals surface area contributed by atoms with E-state index in [9.17, 15) is 0 Å². The molecule has 0 aliphatic heterocycles. The highest BCUT2D eigenvalue weighted by Gasteiger charge is 2.47. The van der Waals surface area contributed by atoms with Gasteiger partial charge in [-0.3, -0.25) is 0 Å². The minimum absolute atomic E-state index is 0.601. The third-order valence-electron chi connectivity index (χ3n) is 11.8. The van der Waals surface area contributed by atoms with E-state index in [4.69, 9.17) is 4.42 Å². The number of nitrogens with zero attached hydrogens (tertiary/aromatic N) is 1. The standard InChI is InChI=1S/C55H37NO/c1-4-15-38(16-5-1)40-27-31-44(32-28-40)56(45-33-29-41(30-34-45)39-17-6-2-7-18-39)46-22-14-21-43(37-46)55(42-19-8-3-9-20-42)50-25-12-10-24-49(50)53-51(55)36-35-48-47-23-11-13-26-52(47)57-54(48)53/h1-37H. The predicted molar refractivity (Wildman–Crippen MR) is 237 cm³/mol. The van der Waals surface area contributed by atoms with Crippen molar-refractivity contribution < 1.29 is 4.42 Å². The van der Waals surface area contributed by atoms with Gasteiger partial charge in [-0.2, -0.15) is 0 Å². The maximum atomic E-state index is 6.77. The minimum atomic E-state index is -0.601. The van der Waals surface area contributed by atoms with Gasteiger partial charge in [-0.1, -0.05) is 182 Å². The molecule has 1 unspecified atom stereocenters. The summed E-state index contributed by atoms with van der Waals surface area (Å²) in [5.74, 6) is 0. The molecule has 2 nitrogen and oxygen atoms in total. The molecule has 1 aliphatic rings. The molecule has 9 aromatic carbocycles. The Morgan fingerprint density at radius 2 is 0.895 bits per heavy atom. The molecule has 0 amide bonds. The summed E-state index contributed by atoms with van der Waals surface area (Å²) in [6.45, 7) is 0. The van der Waals surface area contributed by atoms with Crippen LogP contribution in [0.2, 0.25) is 0 Å². The summed E-state index contributed by atoms with van der Waals surface area (Å²) >= 11 is 0. The summed E-state index contributed by atoms with van der Waals surface area (Å²) in [6, 6.07) is 81.1. The first-order valence-corrected chi connectivity index (χ1v) is 19.6. The lowest BCUT2D eigenvalue weighted by Crippen LogP contribution is -2.28. The van der Waals surface area contributed by atoms with E-state index < -0.39 is 5.41 Å². The van der Waals surface area contributed by atoms with E-state index >= 15 is 0 Å². The van der Waals surface area contributed by atoms with E-state index in [0.717, 1.165) is 39.0 Å². The van der Waals surface area contributed by atoms with Gasteiger partial charge in [0.25, 0.3) is 0 Å². The SMILES string of the molecule is c1ccc(-c2ccc(N(c3ccc(-c4ccccc4)cc3)c3cccc(C4(c5ccccc5)c5ccccc5-c5c4ccc4c5oc5ccccc54)c3)cc2)cc1. The highest BCUT2D eigenvalue weighted by atomic mass is 16.3. The normalized spacial score (nSPS) is 14.4. The summed E-state index contributed by atoms with van der Waals surface area (Å²) in [5.41, 5.74) is 16.5. The highest BCUT2D eigenvalue weighted by molar-refractivity contribution is 6.12. The Kier molecular flexibility index (Phi) is 7.75. The number of fused-ring (bicyclic) bond motifs is 7. The Morgan fingerprint density at radius 1 is 0.351 bits per heavy atom. The summed E-state index contributed by atoms with van der Waals surface area (Å²) in [5, 5.41) is 2.28. The van der Waals surface area contributed by atoms with Crippen molar-refractivity contribution in [2.75, 3.05) is 4.90 Å². The Morgan fingerprint density at radius 3 is 1.56 bits per heavy atom. The molecule has 2 heteroatoms. The van der Waals surface area contributed by atoms with Crippen molar-refractivity contribution in [1.82, 2.24) is 0 Å². The first kappa shape index (κ1) is 33.0. The van der Waals surface area contributed by atoms with Gasteiger partial charge in [-0.25, -0.2) is 0 Å². The van der Waals surface area contributed by atoms with Crippen LogP contribution in [-0.4, -0.2) is 0 Å². The zero-order valence-corrected chi connectivity index (χ0v) is 31.2. The number of furan rings is 1. The fourth-order valence-electron chi connectivity index (χ4n) is 9.21. The molecule has 1 heterocycles. The Hall–Kier alpha value is -7.42. The number of anilines is 3. The van der Waals surface area contributed by atoms with E-state index in [1.165, 1.54) is 55.6 Å². The summed E-state index contributed by atoms with van der Waals surface area (Å²) in [7, 11) is 0. The number of rotatable bonds is 7. The number of hydrogen-bond donors (Lipinski definition) is 0. The summed E-state index contributed by atoms with van der Waals surface area (Å²) < 4.78 is 6.77. The lowest BCUT2D eigenvalue weighted by atomic mass is 9.67. The molecular weight excluding hydrogens is 691 g/mol. The zero-order valence-electron chi connectivity index (χ0n) is 31.2. The second-order valence-corrected chi connectivity index (χ2v) is 14.8. The molecule has 0 spiro atoms. The largest absolute Gasteiger partial charge is 0.455 e. The zero-order chi connectivity index (χ0) is 37.8. The van der Waals surface area contributed by atoms with Crippen molar-refractivity contribution in [2.24, 2.45) is 0 Å². The summed E-state index contributed by atoms with van der Waals surface area (Å²) in [6.07, 6.45) is 0. The molecule has 0 saturated heterocycles. The third kappa shape index (κ3) is 5.26. The molecule has 0 bridgehead atoms. The Balaban J connectivity index is 1.13. The summed E-state index contributed by atoms with van der Waals surface area (Å²) in [4.78, 5) is 2.38. The van der Waals surface area contributed by atoms with Crippen molar-refractivity contribution >= 4 is 39.0 Å². The molecule has 0 saturated carbocycles. The number of para-hydroxylation sites is 1. The van der Waals surface area contributed by atoms with Gasteiger partial charge in [0, 0.05) is 33.4 Å². The quantitative estimate of drug-likeness (QED) is 0.163. The van der Waals surface area contributed by atoms with E-state index in [2.05, 4.69) is 229 Å². The average molecular weight is 728 g/mol. The molecular formula is C55H37NO. The van der Waals surface area contributed by atoms with E-state index in [1.54, 1.807) is 0 Å². The van der Waals surface area contributed by atoms with Crippen molar-refractivity contribution in [1.29, 1.82) is 0 Å². The van der Waals surface area contributed by atoms with Crippen LogP contribution in [0.15, 0.2) is 229 Å². The maximum Gasteiger partial charge on any atom is 0.143 e. The van der Waals surface area contributed by atoms with Crippen LogP contribution in [0, 0.1) is 0 Å². The molecule has 1 atom stereocenters. The third-order valence-corrected chi connectivity index (χ3v) is 11.8. The molecule has 0 fully saturated rings. The van der Waals surface area contributed by atoms with Crippen molar-refractivity contribution in [3.05, 3.63) is 247 Å². The van der Waals surface area contributed by atoms with Crippen LogP contribution in [0.4, 0.5) is 17.1 Å². The molecule has 1 aliphatic carbocycles. The van der Waals surface area contributed by atoms with Gasteiger partial charge in [0.2, 0.25) is 0 Å². The smallest absolute Gasteiger partial charge is 0.143 e. The first-order valence-electron chi connectivity index (χ1n) is 19.6. The molecule has 0 N–H and O–H groups in total. The van der Waals surface area contributed by atoms with Gasteiger partial charge in [-0.05, 0) is 92.5 Å². The van der Waals surface area contributed by atoms with Crippen LogP contribution < -0.4 is 4.90 Å². The molecule has 11 rings (SSSR count). The monoisotopic (exact) mass is 727 g/mol. The van der Waals surface area contributed by atoms with Crippen LogP contribution in [0.1, 0.15) is 22.3 Å². The Labute approximate surface area is 332 Å². The van der Waals surface area contributed by atoms with Gasteiger partial charge in [0.1, 0.15) is 11.2 Å². The van der Waals surface area contributed by atoms with Crippen LogP contribution in [0.5, 0.6) is 0 Å². The van der Waals surface area contributed by atoms with Gasteiger partial charge in [0.05, 0.1) is 5.41 Å². The fraction of sp³-hybridized carbons (Fsp3) is 0.0182. The van der Waals surface area contributed by atoms with Crippen LogP contribution in [0.25, 0.3) is 55.3 Å². The lowest BCUT2D eigenvalue weighted by molar-refractivity contribution is 0.669. The number of benzene rings is 9. The molecule has 57 heavy (non-hydrogen) atoms. The Bertz CT molecular complexity index is 2960. The van der Waals surface area contributed by atoms with E-state index in [-0.39, 0.29) is 0 Å². The maximum absolute atomic E-state index is 6.77. The number of hydrogen-bond acceptors (Lipinski definition) is 2. The second kappa shape index (κ2) is 13.4.